The van der Waals surface area contributed by atoms with Crippen molar-refractivity contribution in [2.75, 3.05) is 38.6 Å². The van der Waals surface area contributed by atoms with Gasteiger partial charge in [-0.15, -0.1) is 0 Å². The van der Waals surface area contributed by atoms with Crippen molar-refractivity contribution in [2.45, 2.75) is 32.9 Å². The summed E-state index contributed by atoms with van der Waals surface area (Å²) in [4.78, 5) is 29.1. The average molecular weight is 426 g/mol. The van der Waals surface area contributed by atoms with Crippen LogP contribution < -0.4 is 10.1 Å². The maximum Gasteiger partial charge on any atom is 0.412 e. The number of carbonyl (C=O) groups excluding carboxylic acids is 2. The Kier molecular flexibility index (Phi) is 7.17. The molecule has 31 heavy (non-hydrogen) atoms. The van der Waals surface area contributed by atoms with Crippen LogP contribution in [-0.4, -0.2) is 60.7 Å². The summed E-state index contributed by atoms with van der Waals surface area (Å²) in [6.45, 7) is 9.22. The molecule has 7 heteroatoms. The number of ether oxygens (including phenoxy) is 2. The maximum atomic E-state index is 13.0. The van der Waals surface area contributed by atoms with Crippen LogP contribution in [0.15, 0.2) is 48.5 Å². The quantitative estimate of drug-likeness (QED) is 0.784. The molecular formula is C24H31N3O4. The summed E-state index contributed by atoms with van der Waals surface area (Å²) in [5, 5.41) is 2.69. The third-order valence-corrected chi connectivity index (χ3v) is 4.98. The van der Waals surface area contributed by atoms with E-state index in [9.17, 15) is 9.59 Å². The second-order valence-electron chi connectivity index (χ2n) is 8.62. The second kappa shape index (κ2) is 9.83. The summed E-state index contributed by atoms with van der Waals surface area (Å²) in [6, 6.07) is 15.0. The first-order valence-corrected chi connectivity index (χ1v) is 10.5. The third kappa shape index (κ3) is 6.72. The normalized spacial score (nSPS) is 14.8. The van der Waals surface area contributed by atoms with Gasteiger partial charge in [0.05, 0.1) is 7.11 Å². The molecule has 2 amide bonds. The van der Waals surface area contributed by atoms with Crippen molar-refractivity contribution in [3.8, 4) is 5.75 Å². The van der Waals surface area contributed by atoms with Gasteiger partial charge in [0.25, 0.3) is 5.91 Å². The molecule has 1 aliphatic heterocycles. The first-order valence-electron chi connectivity index (χ1n) is 10.5. The fraction of sp³-hybridized carbons (Fsp3) is 0.417. The Morgan fingerprint density at radius 2 is 1.68 bits per heavy atom. The van der Waals surface area contributed by atoms with E-state index in [1.807, 2.05) is 17.0 Å². The van der Waals surface area contributed by atoms with Crippen molar-refractivity contribution in [3.63, 3.8) is 0 Å². The Hall–Kier alpha value is -3.06. The molecule has 0 aliphatic carbocycles. The van der Waals surface area contributed by atoms with Crippen LogP contribution in [0.4, 0.5) is 10.5 Å². The number of carbonyl (C=O) groups is 2. The van der Waals surface area contributed by atoms with Crippen LogP contribution in [0.5, 0.6) is 5.75 Å². The van der Waals surface area contributed by atoms with Gasteiger partial charge in [-0.3, -0.25) is 15.0 Å². The summed E-state index contributed by atoms with van der Waals surface area (Å²) >= 11 is 0. The number of benzene rings is 2. The van der Waals surface area contributed by atoms with E-state index < -0.39 is 11.7 Å². The minimum absolute atomic E-state index is 0.0306. The van der Waals surface area contributed by atoms with E-state index in [0.717, 1.165) is 25.4 Å². The van der Waals surface area contributed by atoms with E-state index in [-0.39, 0.29) is 5.91 Å². The molecule has 1 N–H and O–H groups in total. The summed E-state index contributed by atoms with van der Waals surface area (Å²) in [5.41, 5.74) is 1.74. The molecule has 0 atom stereocenters. The van der Waals surface area contributed by atoms with E-state index in [2.05, 4.69) is 22.3 Å². The fourth-order valence-electron chi connectivity index (χ4n) is 3.43. The van der Waals surface area contributed by atoms with Crippen molar-refractivity contribution < 1.29 is 19.1 Å². The van der Waals surface area contributed by atoms with Gasteiger partial charge in [0.15, 0.2) is 0 Å². The van der Waals surface area contributed by atoms with Crippen LogP contribution in [0.2, 0.25) is 0 Å². The second-order valence-corrected chi connectivity index (χ2v) is 8.62. The number of nitrogens with zero attached hydrogens (tertiary/aromatic N) is 2. The molecule has 166 valence electrons. The smallest absolute Gasteiger partial charge is 0.412 e. The van der Waals surface area contributed by atoms with E-state index >= 15 is 0 Å². The number of rotatable bonds is 5. The molecule has 7 nitrogen and oxygen atoms in total. The Bertz CT molecular complexity index is 898. The molecule has 1 fully saturated rings. The van der Waals surface area contributed by atoms with Crippen LogP contribution in [0.25, 0.3) is 0 Å². The van der Waals surface area contributed by atoms with Crippen LogP contribution in [0.1, 0.15) is 36.7 Å². The number of piperazine rings is 1. The van der Waals surface area contributed by atoms with E-state index in [4.69, 9.17) is 9.47 Å². The van der Waals surface area contributed by atoms with Crippen molar-refractivity contribution in [2.24, 2.45) is 0 Å². The zero-order valence-electron chi connectivity index (χ0n) is 18.7. The minimum Gasteiger partial charge on any atom is -0.497 e. The number of hydrogen-bond acceptors (Lipinski definition) is 5. The number of anilines is 1. The molecule has 3 rings (SSSR count). The first-order chi connectivity index (χ1) is 14.7. The molecule has 1 saturated heterocycles. The Morgan fingerprint density at radius 1 is 1.00 bits per heavy atom. The lowest BCUT2D eigenvalue weighted by atomic mass is 10.1. The zero-order valence-corrected chi connectivity index (χ0v) is 18.7. The molecule has 2 aromatic rings. The van der Waals surface area contributed by atoms with Gasteiger partial charge in [-0.25, -0.2) is 4.79 Å². The lowest BCUT2D eigenvalue weighted by molar-refractivity contribution is 0.0620. The van der Waals surface area contributed by atoms with Crippen molar-refractivity contribution >= 4 is 17.7 Å². The number of nitrogens with one attached hydrogen (secondary N) is 1. The van der Waals surface area contributed by atoms with Crippen LogP contribution in [-0.2, 0) is 11.3 Å². The van der Waals surface area contributed by atoms with Gasteiger partial charge < -0.3 is 14.4 Å². The van der Waals surface area contributed by atoms with Gasteiger partial charge in [-0.05, 0) is 56.7 Å². The molecule has 0 unspecified atom stereocenters. The molecule has 1 heterocycles. The summed E-state index contributed by atoms with van der Waals surface area (Å²) in [5.74, 6) is 0.819. The maximum absolute atomic E-state index is 13.0. The predicted molar refractivity (Wildman–Crippen MR) is 120 cm³/mol. The number of hydrogen-bond donors (Lipinski definition) is 1. The standard InChI is InChI=1S/C24H31N3O4/c1-24(2,3)31-23(29)25-20-7-5-6-19(16-20)22(28)27-14-12-26(13-15-27)17-18-8-10-21(30-4)11-9-18/h5-11,16H,12-15,17H2,1-4H3,(H,25,29). The highest BCUT2D eigenvalue weighted by Gasteiger charge is 2.23. The highest BCUT2D eigenvalue weighted by molar-refractivity contribution is 5.96. The molecule has 1 aliphatic rings. The van der Waals surface area contributed by atoms with Gasteiger partial charge in [0.1, 0.15) is 11.4 Å². The lowest BCUT2D eigenvalue weighted by Crippen LogP contribution is -2.48. The number of methoxy groups -OCH3 is 1. The molecule has 0 bridgehead atoms. The van der Waals surface area contributed by atoms with E-state index in [1.54, 1.807) is 52.1 Å². The van der Waals surface area contributed by atoms with Crippen LogP contribution in [0.3, 0.4) is 0 Å². The van der Waals surface area contributed by atoms with Crippen molar-refractivity contribution in [1.82, 2.24) is 9.80 Å². The van der Waals surface area contributed by atoms with Gasteiger partial charge in [0.2, 0.25) is 0 Å². The van der Waals surface area contributed by atoms with E-state index in [0.29, 0.717) is 24.3 Å². The largest absolute Gasteiger partial charge is 0.497 e. The molecule has 0 radical (unpaired) electrons. The summed E-state index contributed by atoms with van der Waals surface area (Å²) < 4.78 is 10.5. The van der Waals surface area contributed by atoms with Crippen LogP contribution in [0, 0.1) is 0 Å². The van der Waals surface area contributed by atoms with Gasteiger partial charge >= 0.3 is 6.09 Å². The van der Waals surface area contributed by atoms with E-state index in [1.165, 1.54) is 5.56 Å². The fourth-order valence-corrected chi connectivity index (χ4v) is 3.43. The lowest BCUT2D eigenvalue weighted by Gasteiger charge is -2.34. The predicted octanol–water partition coefficient (Wildman–Crippen LogP) is 4.00. The van der Waals surface area contributed by atoms with Crippen molar-refractivity contribution in [3.05, 3.63) is 59.7 Å². The molecular weight excluding hydrogens is 394 g/mol. The SMILES string of the molecule is COc1ccc(CN2CCN(C(=O)c3cccc(NC(=O)OC(C)(C)C)c3)CC2)cc1. The Balaban J connectivity index is 1.53. The van der Waals surface area contributed by atoms with Crippen molar-refractivity contribution in [1.29, 1.82) is 0 Å². The summed E-state index contributed by atoms with van der Waals surface area (Å²) in [6.07, 6.45) is -0.538. The molecule has 0 aromatic heterocycles. The van der Waals surface area contributed by atoms with Gasteiger partial charge in [-0.2, -0.15) is 0 Å². The number of amides is 2. The third-order valence-electron chi connectivity index (χ3n) is 4.98. The molecule has 0 saturated carbocycles. The van der Waals surface area contributed by atoms with Gasteiger partial charge in [0, 0.05) is 44.0 Å². The highest BCUT2D eigenvalue weighted by atomic mass is 16.6. The average Bonchev–Trinajstić information content (AvgIpc) is 2.73. The highest BCUT2D eigenvalue weighted by Crippen LogP contribution is 2.18. The van der Waals surface area contributed by atoms with Gasteiger partial charge in [-0.1, -0.05) is 18.2 Å². The Morgan fingerprint density at radius 3 is 2.29 bits per heavy atom. The first kappa shape index (κ1) is 22.6. The monoisotopic (exact) mass is 425 g/mol. The van der Waals surface area contributed by atoms with Crippen LogP contribution >= 0.6 is 0 Å². The molecule has 2 aromatic carbocycles. The molecule has 0 spiro atoms. The topological polar surface area (TPSA) is 71.1 Å². The minimum atomic E-state index is -0.580. The summed E-state index contributed by atoms with van der Waals surface area (Å²) in [7, 11) is 1.66. The zero-order chi connectivity index (χ0) is 22.4. The Labute approximate surface area is 183 Å².